The maximum absolute atomic E-state index is 12.5. The van der Waals surface area contributed by atoms with E-state index in [9.17, 15) is 13.2 Å². The van der Waals surface area contributed by atoms with E-state index < -0.39 is 10.0 Å². The average Bonchev–Trinajstić information content (AvgIpc) is 3.06. The Bertz CT molecular complexity index is 1040. The van der Waals surface area contributed by atoms with Gasteiger partial charge in [0.25, 0.3) is 0 Å². The van der Waals surface area contributed by atoms with E-state index in [1.54, 1.807) is 18.2 Å². The zero-order valence-electron chi connectivity index (χ0n) is 19.3. The third-order valence-corrected chi connectivity index (χ3v) is 8.04. The minimum atomic E-state index is -3.51. The monoisotopic (exact) mass is 449 g/mol. The molecule has 1 amide bonds. The summed E-state index contributed by atoms with van der Waals surface area (Å²) >= 11 is 0. The lowest BCUT2D eigenvalue weighted by atomic mass is 9.98. The van der Waals surface area contributed by atoms with Crippen LogP contribution < -0.4 is 5.32 Å². The number of nitrogens with zero attached hydrogens (tertiary/aromatic N) is 4. The molecule has 1 N–H and O–H groups in total. The van der Waals surface area contributed by atoms with Crippen LogP contribution in [0.15, 0.2) is 23.1 Å². The van der Waals surface area contributed by atoms with Crippen LogP contribution in [0.5, 0.6) is 0 Å². The van der Waals surface area contributed by atoms with Crippen molar-refractivity contribution in [1.82, 2.24) is 24.1 Å². The molecule has 0 bridgehead atoms. The number of piperidine rings is 1. The standard InChI is InChI=1S/C22H35N5O3S/c1-22(2,27-13-7-6-8-14-27)16-23-21(28)12-11-20-24-18-15-17(31(29,30)25(3)4)9-10-19(18)26(20)5/h9-10,15H,6-8,11-14,16H2,1-5H3,(H,23,28). The van der Waals surface area contributed by atoms with E-state index in [1.165, 1.54) is 37.7 Å². The first-order chi connectivity index (χ1) is 14.5. The SMILES string of the molecule is CN(C)S(=O)(=O)c1ccc2c(c1)nc(CCC(=O)NCC(C)(C)N1CCCCC1)n2C. The number of rotatable bonds is 8. The van der Waals surface area contributed by atoms with Crippen molar-refractivity contribution in [2.75, 3.05) is 33.7 Å². The topological polar surface area (TPSA) is 87.5 Å². The largest absolute Gasteiger partial charge is 0.354 e. The summed E-state index contributed by atoms with van der Waals surface area (Å²) in [5, 5.41) is 3.08. The van der Waals surface area contributed by atoms with Gasteiger partial charge in [-0.25, -0.2) is 17.7 Å². The van der Waals surface area contributed by atoms with E-state index in [0.717, 1.165) is 24.4 Å². The number of nitrogens with one attached hydrogen (secondary N) is 1. The van der Waals surface area contributed by atoms with E-state index in [1.807, 2.05) is 11.6 Å². The average molecular weight is 450 g/mol. The summed E-state index contributed by atoms with van der Waals surface area (Å²) in [4.78, 5) is 19.7. The number of carbonyl (C=O) groups is 1. The number of fused-ring (bicyclic) bond motifs is 1. The number of hydrogen-bond donors (Lipinski definition) is 1. The number of sulfonamides is 1. The summed E-state index contributed by atoms with van der Waals surface area (Å²) in [6, 6.07) is 4.96. The van der Waals surface area contributed by atoms with Gasteiger partial charge in [0.15, 0.2) is 0 Å². The molecule has 2 heterocycles. The zero-order chi connectivity index (χ0) is 22.8. The van der Waals surface area contributed by atoms with Gasteiger partial charge in [0.1, 0.15) is 5.82 Å². The lowest BCUT2D eigenvalue weighted by Crippen LogP contribution is -2.53. The van der Waals surface area contributed by atoms with Crippen LogP contribution in [0.2, 0.25) is 0 Å². The van der Waals surface area contributed by atoms with Gasteiger partial charge in [-0.1, -0.05) is 6.42 Å². The lowest BCUT2D eigenvalue weighted by Gasteiger charge is -2.41. The quantitative estimate of drug-likeness (QED) is 0.667. The summed E-state index contributed by atoms with van der Waals surface area (Å²) < 4.78 is 27.9. The molecular weight excluding hydrogens is 414 g/mol. The normalized spacial score (nSPS) is 16.2. The van der Waals surface area contributed by atoms with E-state index in [0.29, 0.717) is 24.9 Å². The van der Waals surface area contributed by atoms with Crippen molar-refractivity contribution in [3.8, 4) is 0 Å². The molecule has 9 heteroatoms. The van der Waals surface area contributed by atoms with E-state index in [2.05, 4.69) is 29.0 Å². The number of benzene rings is 1. The summed E-state index contributed by atoms with van der Waals surface area (Å²) in [6.07, 6.45) is 4.58. The molecule has 1 aromatic heterocycles. The Hall–Kier alpha value is -1.97. The number of carbonyl (C=O) groups excluding carboxylic acids is 1. The Labute approximate surface area is 185 Å². The van der Waals surface area contributed by atoms with Crippen molar-refractivity contribution in [3.63, 3.8) is 0 Å². The van der Waals surface area contributed by atoms with Gasteiger partial charge >= 0.3 is 0 Å². The molecule has 1 fully saturated rings. The number of amides is 1. The molecule has 0 atom stereocenters. The summed E-state index contributed by atoms with van der Waals surface area (Å²) in [6.45, 7) is 7.18. The molecule has 3 rings (SSSR count). The van der Waals surface area contributed by atoms with Crippen molar-refractivity contribution in [3.05, 3.63) is 24.0 Å². The molecular formula is C22H35N5O3S. The molecule has 172 valence electrons. The summed E-state index contributed by atoms with van der Waals surface area (Å²) in [7, 11) is 1.40. The van der Waals surface area contributed by atoms with Gasteiger partial charge in [0.2, 0.25) is 15.9 Å². The molecule has 0 saturated carbocycles. The second kappa shape index (κ2) is 9.26. The van der Waals surface area contributed by atoms with Crippen molar-refractivity contribution >= 4 is 27.0 Å². The Morgan fingerprint density at radius 1 is 1.19 bits per heavy atom. The highest BCUT2D eigenvalue weighted by Crippen LogP contribution is 2.22. The van der Waals surface area contributed by atoms with Crippen LogP contribution in [0.25, 0.3) is 11.0 Å². The Morgan fingerprint density at radius 2 is 1.87 bits per heavy atom. The molecule has 31 heavy (non-hydrogen) atoms. The molecule has 2 aromatic rings. The van der Waals surface area contributed by atoms with Gasteiger partial charge in [0.05, 0.1) is 15.9 Å². The van der Waals surface area contributed by atoms with Crippen LogP contribution in [0, 0.1) is 0 Å². The van der Waals surface area contributed by atoms with E-state index >= 15 is 0 Å². The van der Waals surface area contributed by atoms with Crippen molar-refractivity contribution in [2.45, 2.75) is 56.4 Å². The number of likely N-dealkylation sites (tertiary alicyclic amines) is 1. The number of aryl methyl sites for hydroxylation is 2. The minimum absolute atomic E-state index is 0.00742. The van der Waals surface area contributed by atoms with Crippen LogP contribution >= 0.6 is 0 Å². The number of imidazole rings is 1. The van der Waals surface area contributed by atoms with Crippen LogP contribution in [0.4, 0.5) is 0 Å². The van der Waals surface area contributed by atoms with E-state index in [4.69, 9.17) is 0 Å². The highest BCUT2D eigenvalue weighted by Gasteiger charge is 2.28. The third kappa shape index (κ3) is 5.27. The molecule has 1 aliphatic rings. The van der Waals surface area contributed by atoms with Gasteiger partial charge in [-0.3, -0.25) is 9.69 Å². The predicted octanol–water partition coefficient (Wildman–Crippen LogP) is 2.14. The smallest absolute Gasteiger partial charge is 0.242 e. The Kier molecular flexibility index (Phi) is 7.08. The van der Waals surface area contributed by atoms with Crippen molar-refractivity contribution in [2.24, 2.45) is 7.05 Å². The van der Waals surface area contributed by atoms with Crippen LogP contribution in [0.3, 0.4) is 0 Å². The second-order valence-electron chi connectivity index (χ2n) is 9.16. The Morgan fingerprint density at radius 3 is 2.52 bits per heavy atom. The molecule has 1 aliphatic heterocycles. The van der Waals surface area contributed by atoms with E-state index in [-0.39, 0.29) is 16.3 Å². The van der Waals surface area contributed by atoms with Gasteiger partial charge in [-0.2, -0.15) is 0 Å². The first kappa shape index (κ1) is 23.7. The summed E-state index contributed by atoms with van der Waals surface area (Å²) in [5.41, 5.74) is 1.41. The van der Waals surface area contributed by atoms with Crippen molar-refractivity contribution in [1.29, 1.82) is 0 Å². The fourth-order valence-corrected chi connectivity index (χ4v) is 4.99. The highest BCUT2D eigenvalue weighted by molar-refractivity contribution is 7.89. The maximum Gasteiger partial charge on any atom is 0.242 e. The number of aromatic nitrogens is 2. The Balaban J connectivity index is 1.62. The highest BCUT2D eigenvalue weighted by atomic mass is 32.2. The number of hydrogen-bond acceptors (Lipinski definition) is 5. The minimum Gasteiger partial charge on any atom is -0.354 e. The molecule has 8 nitrogen and oxygen atoms in total. The molecule has 1 saturated heterocycles. The third-order valence-electron chi connectivity index (χ3n) is 6.23. The van der Waals surface area contributed by atoms with Gasteiger partial charge in [-0.05, 0) is 58.0 Å². The van der Waals surface area contributed by atoms with Crippen molar-refractivity contribution < 1.29 is 13.2 Å². The van der Waals surface area contributed by atoms with Crippen LogP contribution in [0.1, 0.15) is 45.4 Å². The fraction of sp³-hybridized carbons (Fsp3) is 0.636. The van der Waals surface area contributed by atoms with Gasteiger partial charge in [0, 0.05) is 46.1 Å². The maximum atomic E-state index is 12.5. The second-order valence-corrected chi connectivity index (χ2v) is 11.3. The fourth-order valence-electron chi connectivity index (χ4n) is 4.06. The molecule has 0 radical (unpaired) electrons. The molecule has 0 aliphatic carbocycles. The van der Waals surface area contributed by atoms with Crippen LogP contribution in [-0.4, -0.2) is 72.3 Å². The first-order valence-electron chi connectivity index (χ1n) is 10.9. The molecule has 0 unspecified atom stereocenters. The molecule has 0 spiro atoms. The van der Waals surface area contributed by atoms with Gasteiger partial charge in [-0.15, -0.1) is 0 Å². The predicted molar refractivity (Wildman–Crippen MR) is 122 cm³/mol. The van der Waals surface area contributed by atoms with Gasteiger partial charge < -0.3 is 9.88 Å². The lowest BCUT2D eigenvalue weighted by molar-refractivity contribution is -0.121. The van der Waals surface area contributed by atoms with Crippen LogP contribution in [-0.2, 0) is 28.3 Å². The first-order valence-corrected chi connectivity index (χ1v) is 12.4. The summed E-state index contributed by atoms with van der Waals surface area (Å²) in [5.74, 6) is 0.771. The molecule has 1 aromatic carbocycles. The zero-order valence-corrected chi connectivity index (χ0v) is 20.1.